The SMILES string of the molecule is c1ccc(-c2ccc(-c3nc(-c4cccc(-c5ccc6c(c5)sc5ccccc56)c4)nc(-c4cccc5ccccc45)n3)cc2-n2c3ccccc3c3ccccc32)cc1. The zero-order chi connectivity index (χ0) is 39.6. The van der Waals surface area contributed by atoms with Gasteiger partial charge in [0.1, 0.15) is 0 Å². The molecule has 3 heterocycles. The van der Waals surface area contributed by atoms with Crippen LogP contribution in [0.25, 0.3) is 115 Å². The molecule has 12 aromatic rings. The molecule has 0 aliphatic carbocycles. The molecule has 9 aromatic carbocycles. The molecule has 0 amide bonds. The van der Waals surface area contributed by atoms with Crippen LogP contribution in [0, 0.1) is 0 Å². The minimum Gasteiger partial charge on any atom is -0.309 e. The lowest BCUT2D eigenvalue weighted by atomic mass is 10.00. The number of para-hydroxylation sites is 2. The van der Waals surface area contributed by atoms with Gasteiger partial charge in [-0.15, -0.1) is 11.3 Å². The van der Waals surface area contributed by atoms with Crippen LogP contribution < -0.4 is 0 Å². The number of benzene rings is 9. The van der Waals surface area contributed by atoms with Gasteiger partial charge in [0.05, 0.1) is 16.7 Å². The normalized spacial score (nSPS) is 11.7. The number of hydrogen-bond donors (Lipinski definition) is 0. The highest BCUT2D eigenvalue weighted by molar-refractivity contribution is 7.25. The van der Waals surface area contributed by atoms with E-state index in [1.54, 1.807) is 0 Å². The van der Waals surface area contributed by atoms with Gasteiger partial charge < -0.3 is 4.57 Å². The monoisotopic (exact) mass is 782 g/mol. The molecule has 0 bridgehead atoms. The second kappa shape index (κ2) is 14.0. The zero-order valence-corrected chi connectivity index (χ0v) is 33.1. The van der Waals surface area contributed by atoms with Crippen LogP contribution in [0.3, 0.4) is 0 Å². The Bertz CT molecular complexity index is 3560. The van der Waals surface area contributed by atoms with Crippen molar-refractivity contribution in [2.45, 2.75) is 0 Å². The second-order valence-corrected chi connectivity index (χ2v) is 16.3. The number of fused-ring (bicyclic) bond motifs is 7. The van der Waals surface area contributed by atoms with Gasteiger partial charge in [0.25, 0.3) is 0 Å². The number of aromatic nitrogens is 4. The van der Waals surface area contributed by atoms with Gasteiger partial charge in [0.2, 0.25) is 0 Å². The van der Waals surface area contributed by atoms with E-state index in [0.717, 1.165) is 66.4 Å². The van der Waals surface area contributed by atoms with E-state index in [4.69, 9.17) is 15.0 Å². The summed E-state index contributed by atoms with van der Waals surface area (Å²) in [6.45, 7) is 0. The fourth-order valence-corrected chi connectivity index (χ4v) is 9.96. The van der Waals surface area contributed by atoms with E-state index in [9.17, 15) is 0 Å². The topological polar surface area (TPSA) is 43.6 Å². The highest BCUT2D eigenvalue weighted by atomic mass is 32.1. The molecule has 0 aliphatic heterocycles. The molecule has 0 unspecified atom stereocenters. The Hall–Kier alpha value is -7.73. The lowest BCUT2D eigenvalue weighted by molar-refractivity contribution is 1.07. The van der Waals surface area contributed by atoms with Gasteiger partial charge in [-0.2, -0.15) is 0 Å². The quantitative estimate of drug-likeness (QED) is 0.169. The van der Waals surface area contributed by atoms with Gasteiger partial charge in [0.15, 0.2) is 17.5 Å². The van der Waals surface area contributed by atoms with E-state index >= 15 is 0 Å². The summed E-state index contributed by atoms with van der Waals surface area (Å²) in [6.07, 6.45) is 0. The number of nitrogens with zero attached hydrogens (tertiary/aromatic N) is 4. The van der Waals surface area contributed by atoms with Crippen LogP contribution in [0.1, 0.15) is 0 Å². The molecule has 0 saturated carbocycles. The van der Waals surface area contributed by atoms with E-state index < -0.39 is 0 Å². The van der Waals surface area contributed by atoms with Crippen molar-refractivity contribution < 1.29 is 0 Å². The van der Waals surface area contributed by atoms with Gasteiger partial charge in [0, 0.05) is 53.2 Å². The molecule has 0 aliphatic rings. The van der Waals surface area contributed by atoms with Gasteiger partial charge in [-0.1, -0.05) is 170 Å². The van der Waals surface area contributed by atoms with E-state index in [2.05, 4.69) is 211 Å². The van der Waals surface area contributed by atoms with Gasteiger partial charge in [-0.3, -0.25) is 0 Å². The molecule has 0 saturated heterocycles. The van der Waals surface area contributed by atoms with Crippen molar-refractivity contribution in [2.24, 2.45) is 0 Å². The van der Waals surface area contributed by atoms with E-state index in [0.29, 0.717) is 17.5 Å². The molecule has 60 heavy (non-hydrogen) atoms. The van der Waals surface area contributed by atoms with Crippen molar-refractivity contribution in [3.63, 3.8) is 0 Å². The van der Waals surface area contributed by atoms with Gasteiger partial charge >= 0.3 is 0 Å². The summed E-state index contributed by atoms with van der Waals surface area (Å²) in [6, 6.07) is 73.4. The Kier molecular flexibility index (Phi) is 8.00. The van der Waals surface area contributed by atoms with Gasteiger partial charge in [-0.25, -0.2) is 15.0 Å². The third-order valence-electron chi connectivity index (χ3n) is 11.7. The molecule has 0 radical (unpaired) electrons. The Morgan fingerprint density at radius 2 is 0.867 bits per heavy atom. The van der Waals surface area contributed by atoms with Crippen molar-refractivity contribution in [2.75, 3.05) is 0 Å². The molecule has 280 valence electrons. The first-order valence-corrected chi connectivity index (χ1v) is 21.0. The third-order valence-corrected chi connectivity index (χ3v) is 12.8. The molecule has 12 rings (SSSR count). The van der Waals surface area contributed by atoms with E-state index in [1.807, 2.05) is 11.3 Å². The van der Waals surface area contributed by atoms with Crippen LogP contribution >= 0.6 is 11.3 Å². The molecule has 0 spiro atoms. The van der Waals surface area contributed by atoms with Crippen LogP contribution in [-0.2, 0) is 0 Å². The Balaban J connectivity index is 1.07. The molecular weight excluding hydrogens is 749 g/mol. The van der Waals surface area contributed by atoms with Crippen LogP contribution in [0.2, 0.25) is 0 Å². The smallest absolute Gasteiger partial charge is 0.164 e. The summed E-state index contributed by atoms with van der Waals surface area (Å²) in [4.78, 5) is 15.9. The standard InChI is InChI=1S/C55H34N4S/c1-2-14-36(15-3-1)42-30-29-40(33-50(42)59-48-25-9-6-21-43(48)44-22-7-10-26-49(44)59)54-56-53(57-55(58-54)47-24-13-17-35-16-4-5-20-41(35)47)39-19-12-18-37(32-39)38-28-31-46-45-23-8-11-27-51(45)60-52(46)34-38/h1-34H. The summed E-state index contributed by atoms with van der Waals surface area (Å²) >= 11 is 1.84. The average molecular weight is 783 g/mol. The number of hydrogen-bond acceptors (Lipinski definition) is 4. The van der Waals surface area contributed by atoms with E-state index in [-0.39, 0.29) is 0 Å². The molecule has 3 aromatic heterocycles. The zero-order valence-electron chi connectivity index (χ0n) is 32.3. The lowest BCUT2D eigenvalue weighted by Crippen LogP contribution is -2.02. The Labute approximate surface area is 350 Å². The predicted octanol–water partition coefficient (Wildman–Crippen LogP) is 14.8. The van der Waals surface area contributed by atoms with Gasteiger partial charge in [-0.05, 0) is 63.9 Å². The summed E-state index contributed by atoms with van der Waals surface area (Å²) in [7, 11) is 0. The first-order valence-electron chi connectivity index (χ1n) is 20.2. The predicted molar refractivity (Wildman–Crippen MR) is 252 cm³/mol. The molecule has 0 N–H and O–H groups in total. The summed E-state index contributed by atoms with van der Waals surface area (Å²) in [5.41, 5.74) is 10.7. The molecule has 0 fully saturated rings. The molecule has 5 heteroatoms. The maximum Gasteiger partial charge on any atom is 0.164 e. The van der Waals surface area contributed by atoms with Crippen molar-refractivity contribution in [3.05, 3.63) is 206 Å². The Morgan fingerprint density at radius 3 is 1.67 bits per heavy atom. The summed E-state index contributed by atoms with van der Waals surface area (Å²) in [5, 5.41) is 7.25. The highest BCUT2D eigenvalue weighted by Crippen LogP contribution is 2.40. The highest BCUT2D eigenvalue weighted by Gasteiger charge is 2.20. The third kappa shape index (κ3) is 5.70. The molecular formula is C55H34N4S. The van der Waals surface area contributed by atoms with E-state index in [1.165, 1.54) is 30.9 Å². The maximum absolute atomic E-state index is 5.31. The fourth-order valence-electron chi connectivity index (χ4n) is 8.82. The second-order valence-electron chi connectivity index (χ2n) is 15.2. The molecule has 4 nitrogen and oxygen atoms in total. The summed E-state index contributed by atoms with van der Waals surface area (Å²) < 4.78 is 4.97. The first kappa shape index (κ1) is 34.3. The maximum atomic E-state index is 5.31. The number of thiophene rings is 1. The lowest BCUT2D eigenvalue weighted by Gasteiger charge is -2.16. The van der Waals surface area contributed by atoms with Crippen molar-refractivity contribution in [1.82, 2.24) is 19.5 Å². The van der Waals surface area contributed by atoms with Crippen LogP contribution in [0.5, 0.6) is 0 Å². The summed E-state index contributed by atoms with van der Waals surface area (Å²) in [5.74, 6) is 1.87. The van der Waals surface area contributed by atoms with Crippen LogP contribution in [-0.4, -0.2) is 19.5 Å². The van der Waals surface area contributed by atoms with Crippen molar-refractivity contribution in [1.29, 1.82) is 0 Å². The average Bonchev–Trinajstić information content (AvgIpc) is 3.87. The Morgan fingerprint density at radius 1 is 0.317 bits per heavy atom. The largest absolute Gasteiger partial charge is 0.309 e. The number of rotatable bonds is 6. The van der Waals surface area contributed by atoms with Crippen molar-refractivity contribution in [3.8, 4) is 62.1 Å². The van der Waals surface area contributed by atoms with Crippen LogP contribution in [0.4, 0.5) is 0 Å². The van der Waals surface area contributed by atoms with Crippen molar-refractivity contribution >= 4 is 64.1 Å². The minimum atomic E-state index is 0.613. The fraction of sp³-hybridized carbons (Fsp3) is 0. The van der Waals surface area contributed by atoms with Crippen LogP contribution in [0.15, 0.2) is 206 Å². The molecule has 0 atom stereocenters. The first-order chi connectivity index (χ1) is 29.7. The minimum absolute atomic E-state index is 0.613.